The minimum Gasteiger partial charge on any atom is -0.390 e. The summed E-state index contributed by atoms with van der Waals surface area (Å²) in [5.41, 5.74) is -2.99. The van der Waals surface area contributed by atoms with Crippen LogP contribution in [-0.2, 0) is 17.4 Å². The van der Waals surface area contributed by atoms with Crippen molar-refractivity contribution in [3.05, 3.63) is 33.4 Å². The van der Waals surface area contributed by atoms with Crippen molar-refractivity contribution in [1.82, 2.24) is 0 Å². The maximum absolute atomic E-state index is 13.4. The number of aliphatic hydroxyl groups is 1. The number of nitro benzene ring substituents is 1. The number of hydrogen-bond donors (Lipinski definition) is 1. The van der Waals surface area contributed by atoms with Crippen molar-refractivity contribution in [2.75, 3.05) is 4.90 Å². The van der Waals surface area contributed by atoms with E-state index in [2.05, 4.69) is 0 Å². The van der Waals surface area contributed by atoms with Gasteiger partial charge in [0.2, 0.25) is 5.91 Å². The maximum Gasteiger partial charge on any atom is 0.418 e. The van der Waals surface area contributed by atoms with Crippen LogP contribution in [0.5, 0.6) is 0 Å². The molecule has 1 heterocycles. The minimum atomic E-state index is -4.82. The molecule has 3 rings (SSSR count). The predicted octanol–water partition coefficient (Wildman–Crippen LogP) is 2.81. The number of nitrogens with zero attached hydrogens (tertiary/aromatic N) is 2. The van der Waals surface area contributed by atoms with Crippen molar-refractivity contribution in [2.24, 2.45) is 0 Å². The summed E-state index contributed by atoms with van der Waals surface area (Å²) in [6.45, 7) is 1.55. The summed E-state index contributed by atoms with van der Waals surface area (Å²) in [6.07, 6.45) is -4.46. The van der Waals surface area contributed by atoms with Gasteiger partial charge in [-0.1, -0.05) is 0 Å². The molecule has 0 radical (unpaired) electrons. The average molecular weight is 344 g/mol. The second kappa shape index (κ2) is 5.17. The highest BCUT2D eigenvalue weighted by molar-refractivity contribution is 5.98. The van der Waals surface area contributed by atoms with Gasteiger partial charge in [0.05, 0.1) is 21.8 Å². The number of aryl methyl sites for hydroxylation is 1. The molecule has 2 aliphatic rings. The number of hydrogen-bond acceptors (Lipinski definition) is 4. The first-order valence-electron chi connectivity index (χ1n) is 7.42. The topological polar surface area (TPSA) is 83.7 Å². The third-order valence-electron chi connectivity index (χ3n) is 4.52. The maximum atomic E-state index is 13.4. The fourth-order valence-corrected chi connectivity index (χ4v) is 3.49. The van der Waals surface area contributed by atoms with Gasteiger partial charge in [0, 0.05) is 24.6 Å². The molecule has 1 fully saturated rings. The van der Waals surface area contributed by atoms with Crippen molar-refractivity contribution < 1.29 is 28.0 Å². The van der Waals surface area contributed by atoms with Gasteiger partial charge < -0.3 is 10.0 Å². The first-order valence-corrected chi connectivity index (χ1v) is 7.42. The van der Waals surface area contributed by atoms with Crippen LogP contribution < -0.4 is 4.90 Å². The van der Waals surface area contributed by atoms with Gasteiger partial charge in [-0.15, -0.1) is 0 Å². The van der Waals surface area contributed by atoms with Crippen LogP contribution in [-0.4, -0.2) is 27.6 Å². The highest BCUT2D eigenvalue weighted by Gasteiger charge is 2.48. The molecule has 0 bridgehead atoms. The summed E-state index contributed by atoms with van der Waals surface area (Å²) >= 11 is 0. The van der Waals surface area contributed by atoms with Crippen LogP contribution >= 0.6 is 0 Å². The van der Waals surface area contributed by atoms with E-state index in [9.17, 15) is 33.2 Å². The van der Waals surface area contributed by atoms with E-state index in [-0.39, 0.29) is 36.9 Å². The van der Waals surface area contributed by atoms with Crippen LogP contribution in [0.15, 0.2) is 12.1 Å². The van der Waals surface area contributed by atoms with Crippen LogP contribution in [0, 0.1) is 10.1 Å². The van der Waals surface area contributed by atoms with Crippen molar-refractivity contribution in [3.8, 4) is 0 Å². The quantitative estimate of drug-likeness (QED) is 0.660. The standard InChI is InChI=1S/C15H15F3N2O4/c1-14(22)6-10(7-14)19-12(21)3-2-8-4-9(20(23)24)5-11(13(8)19)15(16,17)18/h4-5,10,22H,2-3,6-7H2,1H3. The number of alkyl halides is 3. The molecule has 0 unspecified atom stereocenters. The van der Waals surface area contributed by atoms with Gasteiger partial charge in [0.15, 0.2) is 0 Å². The molecule has 1 aliphatic heterocycles. The van der Waals surface area contributed by atoms with Crippen LogP contribution in [0.25, 0.3) is 0 Å². The number of carbonyl (C=O) groups is 1. The normalized spacial score (nSPS) is 26.8. The molecular formula is C15H15F3N2O4. The van der Waals surface area contributed by atoms with Gasteiger partial charge in [0.1, 0.15) is 0 Å². The summed E-state index contributed by atoms with van der Waals surface area (Å²) in [4.78, 5) is 23.4. The monoisotopic (exact) mass is 344 g/mol. The second-order valence-electron chi connectivity index (χ2n) is 6.58. The largest absolute Gasteiger partial charge is 0.418 e. The number of rotatable bonds is 2. The summed E-state index contributed by atoms with van der Waals surface area (Å²) < 4.78 is 40.3. The molecule has 24 heavy (non-hydrogen) atoms. The van der Waals surface area contributed by atoms with Gasteiger partial charge in [0.25, 0.3) is 5.69 Å². The average Bonchev–Trinajstić information content (AvgIpc) is 2.42. The molecule has 130 valence electrons. The fourth-order valence-electron chi connectivity index (χ4n) is 3.49. The van der Waals surface area contributed by atoms with Gasteiger partial charge in [-0.25, -0.2) is 0 Å². The molecule has 0 spiro atoms. The van der Waals surface area contributed by atoms with E-state index >= 15 is 0 Å². The van der Waals surface area contributed by atoms with E-state index in [1.165, 1.54) is 0 Å². The van der Waals surface area contributed by atoms with E-state index in [0.717, 1.165) is 11.0 Å². The number of amides is 1. The highest BCUT2D eigenvalue weighted by atomic mass is 19.4. The zero-order valence-corrected chi connectivity index (χ0v) is 12.8. The smallest absolute Gasteiger partial charge is 0.390 e. The Morgan fingerprint density at radius 2 is 1.96 bits per heavy atom. The zero-order valence-electron chi connectivity index (χ0n) is 12.8. The lowest BCUT2D eigenvalue weighted by Crippen LogP contribution is -2.57. The lowest BCUT2D eigenvalue weighted by Gasteiger charge is -2.48. The van der Waals surface area contributed by atoms with Crippen molar-refractivity contribution >= 4 is 17.3 Å². The Kier molecular flexibility index (Phi) is 3.59. The number of anilines is 1. The Hall–Kier alpha value is -2.16. The number of nitro groups is 1. The molecule has 1 aromatic rings. The molecule has 0 aromatic heterocycles. The van der Waals surface area contributed by atoms with Crippen LogP contribution in [0.3, 0.4) is 0 Å². The van der Waals surface area contributed by atoms with Crippen LogP contribution in [0.4, 0.5) is 24.5 Å². The minimum absolute atomic E-state index is 0.00981. The number of halogens is 3. The Balaban J connectivity index is 2.15. The number of benzene rings is 1. The molecule has 1 aliphatic carbocycles. The van der Waals surface area contributed by atoms with Crippen molar-refractivity contribution in [2.45, 2.75) is 50.4 Å². The predicted molar refractivity (Wildman–Crippen MR) is 77.6 cm³/mol. The number of fused-ring (bicyclic) bond motifs is 1. The first kappa shape index (κ1) is 16.7. The Morgan fingerprint density at radius 1 is 1.33 bits per heavy atom. The molecule has 1 saturated carbocycles. The fraction of sp³-hybridized carbons (Fsp3) is 0.533. The van der Waals surface area contributed by atoms with Gasteiger partial charge in [-0.2, -0.15) is 13.2 Å². The summed E-state index contributed by atoms with van der Waals surface area (Å²) in [5, 5.41) is 20.8. The highest BCUT2D eigenvalue weighted by Crippen LogP contribution is 2.47. The molecule has 9 heteroatoms. The lowest BCUT2D eigenvalue weighted by atomic mass is 9.75. The Morgan fingerprint density at radius 3 is 2.46 bits per heavy atom. The third-order valence-corrected chi connectivity index (χ3v) is 4.52. The van der Waals surface area contributed by atoms with Crippen molar-refractivity contribution in [1.29, 1.82) is 0 Å². The summed E-state index contributed by atoms with van der Waals surface area (Å²) in [7, 11) is 0. The molecule has 1 aromatic carbocycles. The first-order chi connectivity index (χ1) is 11.0. The van der Waals surface area contributed by atoms with E-state index in [1.807, 2.05) is 0 Å². The van der Waals surface area contributed by atoms with E-state index in [0.29, 0.717) is 6.07 Å². The Bertz CT molecular complexity index is 722. The summed E-state index contributed by atoms with van der Waals surface area (Å²) in [5.74, 6) is -0.456. The molecule has 1 N–H and O–H groups in total. The lowest BCUT2D eigenvalue weighted by molar-refractivity contribution is -0.385. The van der Waals surface area contributed by atoms with E-state index in [1.54, 1.807) is 6.92 Å². The third kappa shape index (κ3) is 2.72. The van der Waals surface area contributed by atoms with Gasteiger partial charge >= 0.3 is 6.18 Å². The number of non-ortho nitro benzene ring substituents is 1. The molecule has 0 saturated heterocycles. The Labute approximate surface area is 135 Å². The SMILES string of the molecule is CC1(O)CC(N2C(=O)CCc3cc([N+](=O)[O-])cc(C(F)(F)F)c32)C1. The van der Waals surface area contributed by atoms with E-state index in [4.69, 9.17) is 0 Å². The van der Waals surface area contributed by atoms with Gasteiger partial charge in [-0.3, -0.25) is 14.9 Å². The zero-order chi connectivity index (χ0) is 17.9. The molecular weight excluding hydrogens is 329 g/mol. The summed E-state index contributed by atoms with van der Waals surface area (Å²) in [6, 6.07) is 1.04. The molecule has 1 amide bonds. The van der Waals surface area contributed by atoms with Crippen LogP contribution in [0.1, 0.15) is 37.3 Å². The van der Waals surface area contributed by atoms with Crippen molar-refractivity contribution in [3.63, 3.8) is 0 Å². The van der Waals surface area contributed by atoms with Gasteiger partial charge in [-0.05, 0) is 31.7 Å². The number of carbonyl (C=O) groups excluding carboxylic acids is 1. The molecule has 6 nitrogen and oxygen atoms in total. The molecule has 0 atom stereocenters. The van der Waals surface area contributed by atoms with Crippen LogP contribution in [0.2, 0.25) is 0 Å². The second-order valence-corrected chi connectivity index (χ2v) is 6.58. The van der Waals surface area contributed by atoms with E-state index < -0.39 is 39.9 Å².